The first-order chi connectivity index (χ1) is 16.8. The van der Waals surface area contributed by atoms with Crippen LogP contribution in [-0.2, 0) is 9.53 Å². The van der Waals surface area contributed by atoms with Crippen molar-refractivity contribution >= 4 is 46.6 Å². The fourth-order valence-electron chi connectivity index (χ4n) is 3.91. The predicted molar refractivity (Wildman–Crippen MR) is 136 cm³/mol. The van der Waals surface area contributed by atoms with Crippen molar-refractivity contribution in [3.63, 3.8) is 0 Å². The molecule has 0 saturated carbocycles. The van der Waals surface area contributed by atoms with Crippen molar-refractivity contribution in [3.8, 4) is 11.5 Å². The van der Waals surface area contributed by atoms with Gasteiger partial charge in [-0.05, 0) is 49.8 Å². The molecule has 10 heteroatoms. The smallest absolute Gasteiger partial charge is 0.338 e. The second-order valence-electron chi connectivity index (χ2n) is 7.55. The molecule has 2 aromatic carbocycles. The van der Waals surface area contributed by atoms with Crippen LogP contribution in [0.2, 0.25) is 10.0 Å². The molecule has 4 rings (SSSR count). The summed E-state index contributed by atoms with van der Waals surface area (Å²) in [6.45, 7) is 3.63. The molecule has 3 aromatic rings. The van der Waals surface area contributed by atoms with Crippen molar-refractivity contribution < 1.29 is 19.0 Å². The van der Waals surface area contributed by atoms with Gasteiger partial charge in [-0.15, -0.1) is 0 Å². The van der Waals surface area contributed by atoms with E-state index in [0.29, 0.717) is 47.7 Å². The second kappa shape index (κ2) is 10.3. The molecular formula is C25H22Cl2N2O5S. The molecule has 0 fully saturated rings. The number of aromatic nitrogens is 1. The molecule has 1 unspecified atom stereocenters. The number of carbonyl (C=O) groups excluding carboxylic acids is 1. The number of halogens is 2. The van der Waals surface area contributed by atoms with Crippen molar-refractivity contribution in [2.45, 2.75) is 19.9 Å². The van der Waals surface area contributed by atoms with Gasteiger partial charge in [0.2, 0.25) is 0 Å². The molecular weight excluding hydrogens is 511 g/mol. The summed E-state index contributed by atoms with van der Waals surface area (Å²) in [5.41, 5.74) is 1.58. The van der Waals surface area contributed by atoms with E-state index in [-0.39, 0.29) is 17.7 Å². The topological polar surface area (TPSA) is 79.1 Å². The third kappa shape index (κ3) is 4.61. The van der Waals surface area contributed by atoms with Crippen LogP contribution in [0.25, 0.3) is 6.08 Å². The molecule has 0 bridgehead atoms. The lowest BCUT2D eigenvalue weighted by atomic mass is 9.95. The number of allylic oxidation sites excluding steroid dienone is 1. The van der Waals surface area contributed by atoms with Gasteiger partial charge in [0.1, 0.15) is 0 Å². The maximum absolute atomic E-state index is 13.7. The van der Waals surface area contributed by atoms with Gasteiger partial charge in [0.25, 0.3) is 5.56 Å². The molecule has 0 radical (unpaired) electrons. The van der Waals surface area contributed by atoms with Crippen LogP contribution in [0.5, 0.6) is 11.5 Å². The number of benzene rings is 2. The van der Waals surface area contributed by atoms with Gasteiger partial charge < -0.3 is 14.2 Å². The fraction of sp³-hybridized carbons (Fsp3) is 0.240. The Balaban J connectivity index is 2.00. The monoisotopic (exact) mass is 532 g/mol. The minimum Gasteiger partial charge on any atom is -0.493 e. The standard InChI is InChI=1S/C25H22Cl2N2O5S/c1-5-34-24(31)21-13(2)28-25-29(22(21)14-9-10-18(32-3)19(11-14)33-4)23(30)20(35-25)12-15-16(26)7-6-8-17(15)27/h6-12,22H,5H2,1-4H3. The van der Waals surface area contributed by atoms with E-state index in [1.165, 1.54) is 30.1 Å². The number of hydrogen-bond acceptors (Lipinski definition) is 7. The zero-order chi connectivity index (χ0) is 25.3. The van der Waals surface area contributed by atoms with Crippen molar-refractivity contribution in [3.05, 3.63) is 88.5 Å². The molecule has 2 heterocycles. The van der Waals surface area contributed by atoms with E-state index in [9.17, 15) is 9.59 Å². The highest BCUT2D eigenvalue weighted by molar-refractivity contribution is 7.07. The summed E-state index contributed by atoms with van der Waals surface area (Å²) in [6, 6.07) is 9.60. The minimum absolute atomic E-state index is 0.184. The Morgan fingerprint density at radius 3 is 2.46 bits per heavy atom. The number of carbonyl (C=O) groups is 1. The third-order valence-corrected chi connectivity index (χ3v) is 7.16. The van der Waals surface area contributed by atoms with Gasteiger partial charge in [-0.2, -0.15) is 0 Å². The molecule has 0 spiro atoms. The summed E-state index contributed by atoms with van der Waals surface area (Å²) in [7, 11) is 3.06. The molecule has 0 amide bonds. The van der Waals surface area contributed by atoms with E-state index in [0.717, 1.165) is 0 Å². The minimum atomic E-state index is -0.783. The summed E-state index contributed by atoms with van der Waals surface area (Å²) in [4.78, 5) is 31.7. The average molecular weight is 533 g/mol. The molecule has 0 aliphatic carbocycles. The number of rotatable bonds is 6. The van der Waals surface area contributed by atoms with Gasteiger partial charge >= 0.3 is 5.97 Å². The van der Waals surface area contributed by atoms with Crippen molar-refractivity contribution in [2.24, 2.45) is 4.99 Å². The highest BCUT2D eigenvalue weighted by Crippen LogP contribution is 2.36. The number of nitrogens with zero attached hydrogens (tertiary/aromatic N) is 2. The quantitative estimate of drug-likeness (QED) is 0.446. The van der Waals surface area contributed by atoms with Crippen LogP contribution in [0.1, 0.15) is 31.0 Å². The SMILES string of the molecule is CCOC(=O)C1=C(C)N=c2sc(=Cc3c(Cl)cccc3Cl)c(=O)n2C1c1ccc(OC)c(OC)c1. The van der Waals surface area contributed by atoms with Crippen molar-refractivity contribution in [2.75, 3.05) is 20.8 Å². The van der Waals surface area contributed by atoms with Crippen LogP contribution in [0, 0.1) is 0 Å². The van der Waals surface area contributed by atoms with Gasteiger partial charge in [0.15, 0.2) is 16.3 Å². The number of esters is 1. The normalized spacial score (nSPS) is 15.5. The maximum atomic E-state index is 13.7. The Hall–Kier alpha value is -3.07. The van der Waals surface area contributed by atoms with Crippen LogP contribution in [-0.4, -0.2) is 31.4 Å². The second-order valence-corrected chi connectivity index (χ2v) is 9.38. The molecule has 7 nitrogen and oxygen atoms in total. The Bertz CT molecular complexity index is 1500. The summed E-state index contributed by atoms with van der Waals surface area (Å²) in [5.74, 6) is 0.445. The summed E-state index contributed by atoms with van der Waals surface area (Å²) >= 11 is 13.8. The van der Waals surface area contributed by atoms with Gasteiger partial charge in [0, 0.05) is 15.6 Å². The third-order valence-electron chi connectivity index (χ3n) is 5.52. The molecule has 1 atom stereocenters. The molecule has 0 N–H and O–H groups in total. The fourth-order valence-corrected chi connectivity index (χ4v) is 5.44. The van der Waals surface area contributed by atoms with Crippen LogP contribution in [0.15, 0.2) is 57.5 Å². The number of thiazole rings is 1. The Labute approximate surface area is 215 Å². The summed E-state index contributed by atoms with van der Waals surface area (Å²) in [5, 5.41) is 0.839. The van der Waals surface area contributed by atoms with Crippen molar-refractivity contribution in [1.82, 2.24) is 4.57 Å². The first-order valence-electron chi connectivity index (χ1n) is 10.7. The van der Waals surface area contributed by atoms with Gasteiger partial charge in [0.05, 0.1) is 42.7 Å². The van der Waals surface area contributed by atoms with Crippen LogP contribution in [0.4, 0.5) is 0 Å². The van der Waals surface area contributed by atoms with Gasteiger partial charge in [-0.1, -0.05) is 46.7 Å². The van der Waals surface area contributed by atoms with E-state index in [2.05, 4.69) is 4.99 Å². The molecule has 1 aliphatic rings. The van der Waals surface area contributed by atoms with Gasteiger partial charge in [-0.3, -0.25) is 9.36 Å². The van der Waals surface area contributed by atoms with Crippen molar-refractivity contribution in [1.29, 1.82) is 0 Å². The highest BCUT2D eigenvalue weighted by Gasteiger charge is 2.34. The molecule has 35 heavy (non-hydrogen) atoms. The predicted octanol–water partition coefficient (Wildman–Crippen LogP) is 4.12. The zero-order valence-corrected chi connectivity index (χ0v) is 21.8. The lowest BCUT2D eigenvalue weighted by Crippen LogP contribution is -2.40. The molecule has 0 saturated heterocycles. The van der Waals surface area contributed by atoms with Crippen LogP contribution in [0.3, 0.4) is 0 Å². The summed E-state index contributed by atoms with van der Waals surface area (Å²) < 4.78 is 18.0. The van der Waals surface area contributed by atoms with E-state index in [4.69, 9.17) is 37.4 Å². The highest BCUT2D eigenvalue weighted by atomic mass is 35.5. The van der Waals surface area contributed by atoms with Crippen LogP contribution >= 0.6 is 34.5 Å². The number of methoxy groups -OCH3 is 2. The molecule has 1 aliphatic heterocycles. The first-order valence-corrected chi connectivity index (χ1v) is 12.2. The maximum Gasteiger partial charge on any atom is 0.338 e. The first kappa shape index (κ1) is 25.0. The lowest BCUT2D eigenvalue weighted by Gasteiger charge is -2.25. The Morgan fingerprint density at radius 2 is 1.83 bits per heavy atom. The number of hydrogen-bond donors (Lipinski definition) is 0. The Kier molecular flexibility index (Phi) is 7.35. The number of ether oxygens (including phenoxy) is 3. The number of fused-ring (bicyclic) bond motifs is 1. The molecule has 182 valence electrons. The van der Waals surface area contributed by atoms with E-state index in [1.807, 2.05) is 0 Å². The lowest BCUT2D eigenvalue weighted by molar-refractivity contribution is -0.139. The van der Waals surface area contributed by atoms with E-state index < -0.39 is 12.0 Å². The van der Waals surface area contributed by atoms with Gasteiger partial charge in [-0.25, -0.2) is 9.79 Å². The largest absolute Gasteiger partial charge is 0.493 e. The van der Waals surface area contributed by atoms with E-state index >= 15 is 0 Å². The summed E-state index contributed by atoms with van der Waals surface area (Å²) in [6.07, 6.45) is 1.64. The molecule has 1 aromatic heterocycles. The van der Waals surface area contributed by atoms with E-state index in [1.54, 1.807) is 56.3 Å². The Morgan fingerprint density at radius 1 is 1.14 bits per heavy atom. The average Bonchev–Trinajstić information content (AvgIpc) is 3.14. The van der Waals surface area contributed by atoms with Crippen LogP contribution < -0.4 is 24.4 Å². The zero-order valence-electron chi connectivity index (χ0n) is 19.4.